The summed E-state index contributed by atoms with van der Waals surface area (Å²) >= 11 is 0. The lowest BCUT2D eigenvalue weighted by Gasteiger charge is -2.06. The van der Waals surface area contributed by atoms with Gasteiger partial charge in [-0.3, -0.25) is 4.79 Å². The SMILES string of the molecule is Nc1cc(C(=O)NCc2ccco2)nc2ccccc12. The van der Waals surface area contributed by atoms with Crippen LogP contribution in [0, 0.1) is 0 Å². The number of pyridine rings is 1. The highest BCUT2D eigenvalue weighted by atomic mass is 16.3. The quantitative estimate of drug-likeness (QED) is 0.763. The topological polar surface area (TPSA) is 81.2 Å². The number of anilines is 1. The molecule has 2 aromatic heterocycles. The fraction of sp³-hybridized carbons (Fsp3) is 0.0667. The lowest BCUT2D eigenvalue weighted by atomic mass is 10.1. The molecule has 0 aliphatic rings. The van der Waals surface area contributed by atoms with Crippen molar-refractivity contribution in [3.8, 4) is 0 Å². The molecular weight excluding hydrogens is 254 g/mol. The molecule has 0 saturated heterocycles. The highest BCUT2D eigenvalue weighted by Gasteiger charge is 2.10. The standard InChI is InChI=1S/C15H13N3O2/c16-12-8-14(18-13-6-2-1-5-11(12)13)15(19)17-9-10-4-3-7-20-10/h1-8H,9H2,(H2,16,18)(H,17,19). The van der Waals surface area contributed by atoms with Crippen LogP contribution in [0.25, 0.3) is 10.9 Å². The molecule has 3 N–H and O–H groups in total. The van der Waals surface area contributed by atoms with Gasteiger partial charge in [-0.2, -0.15) is 0 Å². The number of rotatable bonds is 3. The minimum atomic E-state index is -0.279. The van der Waals surface area contributed by atoms with Crippen LogP contribution in [-0.4, -0.2) is 10.9 Å². The third-order valence-electron chi connectivity index (χ3n) is 2.98. The summed E-state index contributed by atoms with van der Waals surface area (Å²) in [6.45, 7) is 0.320. The van der Waals surface area contributed by atoms with Crippen molar-refractivity contribution in [1.29, 1.82) is 0 Å². The van der Waals surface area contributed by atoms with Gasteiger partial charge in [0.05, 0.1) is 18.3 Å². The van der Waals surface area contributed by atoms with Gasteiger partial charge in [-0.1, -0.05) is 18.2 Å². The van der Waals surface area contributed by atoms with Crippen molar-refractivity contribution >= 4 is 22.5 Å². The molecule has 100 valence electrons. The number of amides is 1. The maximum Gasteiger partial charge on any atom is 0.270 e. The molecule has 20 heavy (non-hydrogen) atoms. The number of nitrogens with two attached hydrogens (primary N) is 1. The zero-order chi connectivity index (χ0) is 13.9. The number of aromatic nitrogens is 1. The van der Waals surface area contributed by atoms with Crippen molar-refractivity contribution < 1.29 is 9.21 Å². The van der Waals surface area contributed by atoms with Crippen LogP contribution in [0.5, 0.6) is 0 Å². The third kappa shape index (κ3) is 2.33. The Morgan fingerprint density at radius 2 is 2.10 bits per heavy atom. The van der Waals surface area contributed by atoms with Crippen LogP contribution >= 0.6 is 0 Å². The molecule has 0 atom stereocenters. The number of benzene rings is 1. The second-order valence-corrected chi connectivity index (χ2v) is 4.38. The van der Waals surface area contributed by atoms with Gasteiger partial charge in [0.1, 0.15) is 11.5 Å². The molecule has 3 rings (SSSR count). The zero-order valence-corrected chi connectivity index (χ0v) is 10.7. The molecule has 0 saturated carbocycles. The van der Waals surface area contributed by atoms with E-state index in [4.69, 9.17) is 10.2 Å². The number of furan rings is 1. The molecule has 2 heterocycles. The molecule has 0 unspecified atom stereocenters. The van der Waals surface area contributed by atoms with Gasteiger partial charge in [-0.15, -0.1) is 0 Å². The molecule has 0 bridgehead atoms. The first kappa shape index (κ1) is 12.2. The minimum absolute atomic E-state index is 0.279. The van der Waals surface area contributed by atoms with Crippen molar-refractivity contribution in [3.63, 3.8) is 0 Å². The van der Waals surface area contributed by atoms with E-state index in [0.29, 0.717) is 29.2 Å². The zero-order valence-electron chi connectivity index (χ0n) is 10.7. The largest absolute Gasteiger partial charge is 0.467 e. The molecule has 1 amide bonds. The van der Waals surface area contributed by atoms with Gasteiger partial charge in [0.15, 0.2) is 0 Å². The maximum atomic E-state index is 12.1. The molecule has 0 spiro atoms. The van der Waals surface area contributed by atoms with Gasteiger partial charge in [0.2, 0.25) is 0 Å². The Morgan fingerprint density at radius 1 is 1.25 bits per heavy atom. The van der Waals surface area contributed by atoms with E-state index in [1.54, 1.807) is 24.5 Å². The summed E-state index contributed by atoms with van der Waals surface area (Å²) in [5.74, 6) is 0.408. The predicted molar refractivity (Wildman–Crippen MR) is 76.0 cm³/mol. The van der Waals surface area contributed by atoms with Crippen LogP contribution in [0.1, 0.15) is 16.2 Å². The van der Waals surface area contributed by atoms with E-state index in [0.717, 1.165) is 5.39 Å². The summed E-state index contributed by atoms with van der Waals surface area (Å²) in [7, 11) is 0. The van der Waals surface area contributed by atoms with Crippen molar-refractivity contribution in [1.82, 2.24) is 10.3 Å². The van der Waals surface area contributed by atoms with E-state index in [-0.39, 0.29) is 5.91 Å². The predicted octanol–water partition coefficient (Wildman–Crippen LogP) is 2.34. The second kappa shape index (κ2) is 5.05. The van der Waals surface area contributed by atoms with Crippen LogP contribution < -0.4 is 11.1 Å². The Balaban J connectivity index is 1.84. The number of hydrogen-bond acceptors (Lipinski definition) is 4. The minimum Gasteiger partial charge on any atom is -0.467 e. The molecule has 0 aliphatic heterocycles. The number of fused-ring (bicyclic) bond motifs is 1. The monoisotopic (exact) mass is 267 g/mol. The summed E-state index contributed by atoms with van der Waals surface area (Å²) in [6, 6.07) is 12.6. The number of carbonyl (C=O) groups is 1. The summed E-state index contributed by atoms with van der Waals surface area (Å²) in [5.41, 5.74) is 7.49. The van der Waals surface area contributed by atoms with Crippen molar-refractivity contribution in [2.45, 2.75) is 6.54 Å². The van der Waals surface area contributed by atoms with Crippen LogP contribution in [0.3, 0.4) is 0 Å². The molecular formula is C15H13N3O2. The number of hydrogen-bond donors (Lipinski definition) is 2. The normalized spacial score (nSPS) is 10.6. The van der Waals surface area contributed by atoms with Crippen molar-refractivity contribution in [2.75, 3.05) is 5.73 Å². The lowest BCUT2D eigenvalue weighted by molar-refractivity contribution is 0.0943. The van der Waals surface area contributed by atoms with Gasteiger partial charge in [0.25, 0.3) is 5.91 Å². The van der Waals surface area contributed by atoms with Crippen LogP contribution in [0.2, 0.25) is 0 Å². The summed E-state index contributed by atoms with van der Waals surface area (Å²) in [5, 5.41) is 3.59. The smallest absolute Gasteiger partial charge is 0.270 e. The summed E-state index contributed by atoms with van der Waals surface area (Å²) < 4.78 is 5.15. The van der Waals surface area contributed by atoms with E-state index in [9.17, 15) is 4.79 Å². The Kier molecular flexibility index (Phi) is 3.09. The number of nitrogens with zero attached hydrogens (tertiary/aromatic N) is 1. The molecule has 5 nitrogen and oxygen atoms in total. The molecule has 0 fully saturated rings. The van der Waals surface area contributed by atoms with Crippen LogP contribution in [-0.2, 0) is 6.54 Å². The lowest BCUT2D eigenvalue weighted by Crippen LogP contribution is -2.23. The maximum absolute atomic E-state index is 12.1. The Morgan fingerprint density at radius 3 is 2.90 bits per heavy atom. The van der Waals surface area contributed by atoms with E-state index in [1.807, 2.05) is 24.3 Å². The number of para-hydroxylation sites is 1. The summed E-state index contributed by atoms with van der Waals surface area (Å²) in [6.07, 6.45) is 1.56. The second-order valence-electron chi connectivity index (χ2n) is 4.38. The van der Waals surface area contributed by atoms with Gasteiger partial charge in [-0.05, 0) is 24.3 Å². The average molecular weight is 267 g/mol. The fourth-order valence-electron chi connectivity index (χ4n) is 1.99. The first-order valence-corrected chi connectivity index (χ1v) is 6.20. The van der Waals surface area contributed by atoms with Crippen LogP contribution in [0.4, 0.5) is 5.69 Å². The van der Waals surface area contributed by atoms with Gasteiger partial charge in [-0.25, -0.2) is 4.98 Å². The Bertz CT molecular complexity index is 751. The highest BCUT2D eigenvalue weighted by Crippen LogP contribution is 2.19. The van der Waals surface area contributed by atoms with Gasteiger partial charge < -0.3 is 15.5 Å². The highest BCUT2D eigenvalue weighted by molar-refractivity contribution is 5.99. The fourth-order valence-corrected chi connectivity index (χ4v) is 1.99. The van der Waals surface area contributed by atoms with E-state index in [1.165, 1.54) is 0 Å². The van der Waals surface area contributed by atoms with Crippen molar-refractivity contribution in [3.05, 3.63) is 60.2 Å². The van der Waals surface area contributed by atoms with Gasteiger partial charge in [0, 0.05) is 11.1 Å². The van der Waals surface area contributed by atoms with Gasteiger partial charge >= 0.3 is 0 Å². The first-order chi connectivity index (χ1) is 9.74. The molecule has 0 radical (unpaired) electrons. The third-order valence-corrected chi connectivity index (χ3v) is 2.98. The van der Waals surface area contributed by atoms with E-state index < -0.39 is 0 Å². The Labute approximate surface area is 115 Å². The molecule has 5 heteroatoms. The summed E-state index contributed by atoms with van der Waals surface area (Å²) in [4.78, 5) is 16.4. The number of carbonyl (C=O) groups excluding carboxylic acids is 1. The number of nitrogens with one attached hydrogen (secondary N) is 1. The van der Waals surface area contributed by atoms with Crippen LogP contribution in [0.15, 0.2) is 53.1 Å². The Hall–Kier alpha value is -2.82. The van der Waals surface area contributed by atoms with E-state index in [2.05, 4.69) is 10.3 Å². The first-order valence-electron chi connectivity index (χ1n) is 6.20. The average Bonchev–Trinajstić information content (AvgIpc) is 2.98. The van der Waals surface area contributed by atoms with Crippen molar-refractivity contribution in [2.24, 2.45) is 0 Å². The molecule has 1 aromatic carbocycles. The number of nitrogen functional groups attached to an aromatic ring is 1. The molecule has 3 aromatic rings. The van der Waals surface area contributed by atoms with E-state index >= 15 is 0 Å². The molecule has 0 aliphatic carbocycles.